The molecule has 0 radical (unpaired) electrons. The Morgan fingerprint density at radius 2 is 2.00 bits per heavy atom. The highest BCUT2D eigenvalue weighted by Crippen LogP contribution is 2.28. The summed E-state index contributed by atoms with van der Waals surface area (Å²) in [7, 11) is 0. The Morgan fingerprint density at radius 3 is 2.45 bits per heavy atom. The lowest BCUT2D eigenvalue weighted by molar-refractivity contribution is 1.07. The SMILES string of the molecule is NCc1cc(Cl)c(Cl)c(I)c1. The number of hydrogen-bond acceptors (Lipinski definition) is 1. The van der Waals surface area contributed by atoms with Gasteiger partial charge in [-0.2, -0.15) is 0 Å². The van der Waals surface area contributed by atoms with Crippen molar-refractivity contribution >= 4 is 45.8 Å². The Hall–Kier alpha value is 0.490. The van der Waals surface area contributed by atoms with Crippen molar-refractivity contribution in [3.8, 4) is 0 Å². The van der Waals surface area contributed by atoms with Gasteiger partial charge in [-0.25, -0.2) is 0 Å². The van der Waals surface area contributed by atoms with Crippen molar-refractivity contribution < 1.29 is 0 Å². The fraction of sp³-hybridized carbons (Fsp3) is 0.143. The first-order chi connectivity index (χ1) is 5.15. The van der Waals surface area contributed by atoms with E-state index in [9.17, 15) is 0 Å². The van der Waals surface area contributed by atoms with Gasteiger partial charge in [0.15, 0.2) is 0 Å². The van der Waals surface area contributed by atoms with Gasteiger partial charge in [-0.1, -0.05) is 23.2 Å². The normalized spacial score (nSPS) is 10.2. The number of hydrogen-bond donors (Lipinski definition) is 1. The molecule has 0 bridgehead atoms. The van der Waals surface area contributed by atoms with E-state index in [2.05, 4.69) is 22.6 Å². The van der Waals surface area contributed by atoms with E-state index in [1.807, 2.05) is 6.07 Å². The van der Waals surface area contributed by atoms with Gasteiger partial charge in [0, 0.05) is 10.1 Å². The summed E-state index contributed by atoms with van der Waals surface area (Å²) in [5.41, 5.74) is 6.44. The summed E-state index contributed by atoms with van der Waals surface area (Å²) in [6, 6.07) is 3.71. The summed E-state index contributed by atoms with van der Waals surface area (Å²) < 4.78 is 0.942. The van der Waals surface area contributed by atoms with Crippen molar-refractivity contribution in [3.63, 3.8) is 0 Å². The lowest BCUT2D eigenvalue weighted by Crippen LogP contribution is -1.96. The monoisotopic (exact) mass is 301 g/mol. The van der Waals surface area contributed by atoms with Gasteiger partial charge in [0.2, 0.25) is 0 Å². The van der Waals surface area contributed by atoms with Gasteiger partial charge in [0.1, 0.15) is 0 Å². The molecule has 0 unspecified atom stereocenters. The molecule has 0 atom stereocenters. The van der Waals surface area contributed by atoms with Gasteiger partial charge in [-0.15, -0.1) is 0 Å². The van der Waals surface area contributed by atoms with Crippen LogP contribution in [-0.2, 0) is 6.54 Å². The fourth-order valence-electron chi connectivity index (χ4n) is 0.726. The summed E-state index contributed by atoms with van der Waals surface area (Å²) in [6.45, 7) is 0.493. The minimum Gasteiger partial charge on any atom is -0.326 e. The van der Waals surface area contributed by atoms with Gasteiger partial charge < -0.3 is 5.73 Å². The molecule has 0 aliphatic rings. The van der Waals surface area contributed by atoms with E-state index >= 15 is 0 Å². The maximum atomic E-state index is 5.83. The van der Waals surface area contributed by atoms with Crippen LogP contribution in [0, 0.1) is 3.57 Å². The Bertz CT molecular complexity index is 252. The maximum Gasteiger partial charge on any atom is 0.0725 e. The Morgan fingerprint density at radius 1 is 1.36 bits per heavy atom. The molecular formula is C7H6Cl2IN. The highest BCUT2D eigenvalue weighted by atomic mass is 127. The highest BCUT2D eigenvalue weighted by molar-refractivity contribution is 14.1. The lowest BCUT2D eigenvalue weighted by Gasteiger charge is -2.02. The van der Waals surface area contributed by atoms with Crippen LogP contribution in [0.3, 0.4) is 0 Å². The average Bonchev–Trinajstić information content (AvgIpc) is 1.99. The Labute approximate surface area is 89.0 Å². The quantitative estimate of drug-likeness (QED) is 0.626. The molecule has 0 saturated carbocycles. The molecular weight excluding hydrogens is 296 g/mol. The van der Waals surface area contributed by atoms with Gasteiger partial charge in [-0.3, -0.25) is 0 Å². The topological polar surface area (TPSA) is 26.0 Å². The Balaban J connectivity index is 3.21. The molecule has 0 spiro atoms. The van der Waals surface area contributed by atoms with E-state index in [1.165, 1.54) is 0 Å². The Kier molecular flexibility index (Phi) is 3.43. The molecule has 4 heteroatoms. The third kappa shape index (κ3) is 2.21. The maximum absolute atomic E-state index is 5.83. The molecule has 0 aliphatic carbocycles. The van der Waals surface area contributed by atoms with Crippen LogP contribution < -0.4 is 5.73 Å². The number of halogens is 3. The number of rotatable bonds is 1. The summed E-state index contributed by atoms with van der Waals surface area (Å²) >= 11 is 13.8. The molecule has 60 valence electrons. The first kappa shape index (κ1) is 9.58. The van der Waals surface area contributed by atoms with Crippen LogP contribution in [0.1, 0.15) is 5.56 Å². The molecule has 0 aromatic heterocycles. The second-order valence-corrected chi connectivity index (χ2v) is 4.02. The molecule has 0 saturated heterocycles. The smallest absolute Gasteiger partial charge is 0.0725 e. The highest BCUT2D eigenvalue weighted by Gasteiger charge is 2.03. The van der Waals surface area contributed by atoms with Crippen molar-refractivity contribution in [1.82, 2.24) is 0 Å². The zero-order valence-electron chi connectivity index (χ0n) is 5.57. The molecule has 0 fully saturated rings. The predicted octanol–water partition coefficient (Wildman–Crippen LogP) is 3.06. The fourth-order valence-corrected chi connectivity index (χ4v) is 1.93. The molecule has 1 nitrogen and oxygen atoms in total. The van der Waals surface area contributed by atoms with Crippen LogP contribution in [0.4, 0.5) is 0 Å². The number of nitrogens with two attached hydrogens (primary N) is 1. The van der Waals surface area contributed by atoms with Crippen LogP contribution in [0.5, 0.6) is 0 Å². The largest absolute Gasteiger partial charge is 0.326 e. The molecule has 1 aromatic rings. The van der Waals surface area contributed by atoms with Crippen molar-refractivity contribution in [2.45, 2.75) is 6.54 Å². The summed E-state index contributed by atoms with van der Waals surface area (Å²) in [6.07, 6.45) is 0. The molecule has 1 rings (SSSR count). The van der Waals surface area contributed by atoms with Crippen LogP contribution in [0.25, 0.3) is 0 Å². The van der Waals surface area contributed by atoms with E-state index in [0.29, 0.717) is 16.6 Å². The average molecular weight is 302 g/mol. The first-order valence-electron chi connectivity index (χ1n) is 2.98. The van der Waals surface area contributed by atoms with Gasteiger partial charge in [0.05, 0.1) is 10.0 Å². The molecule has 0 amide bonds. The van der Waals surface area contributed by atoms with Crippen molar-refractivity contribution in [3.05, 3.63) is 31.3 Å². The molecule has 0 aliphatic heterocycles. The summed E-state index contributed by atoms with van der Waals surface area (Å²) in [5, 5.41) is 1.17. The van der Waals surface area contributed by atoms with Crippen LogP contribution >= 0.6 is 45.8 Å². The third-order valence-electron chi connectivity index (χ3n) is 1.28. The zero-order chi connectivity index (χ0) is 8.43. The van der Waals surface area contributed by atoms with E-state index in [0.717, 1.165) is 9.13 Å². The number of benzene rings is 1. The van der Waals surface area contributed by atoms with E-state index < -0.39 is 0 Å². The van der Waals surface area contributed by atoms with Crippen LogP contribution in [0.2, 0.25) is 10.0 Å². The zero-order valence-corrected chi connectivity index (χ0v) is 9.24. The lowest BCUT2D eigenvalue weighted by atomic mass is 10.2. The summed E-state index contributed by atoms with van der Waals surface area (Å²) in [4.78, 5) is 0. The minimum atomic E-state index is 0.493. The van der Waals surface area contributed by atoms with Crippen molar-refractivity contribution in [1.29, 1.82) is 0 Å². The second kappa shape index (κ2) is 3.94. The molecule has 1 aromatic carbocycles. The van der Waals surface area contributed by atoms with Gasteiger partial charge in [0.25, 0.3) is 0 Å². The third-order valence-corrected chi connectivity index (χ3v) is 3.25. The minimum absolute atomic E-state index is 0.493. The van der Waals surface area contributed by atoms with Gasteiger partial charge >= 0.3 is 0 Å². The molecule has 2 N–H and O–H groups in total. The van der Waals surface area contributed by atoms with E-state index in [4.69, 9.17) is 28.9 Å². The van der Waals surface area contributed by atoms with Crippen molar-refractivity contribution in [2.75, 3.05) is 0 Å². The molecule has 0 heterocycles. The second-order valence-electron chi connectivity index (χ2n) is 2.08. The van der Waals surface area contributed by atoms with Crippen molar-refractivity contribution in [2.24, 2.45) is 5.73 Å². The summed E-state index contributed by atoms with van der Waals surface area (Å²) in [5.74, 6) is 0. The van der Waals surface area contributed by atoms with Crippen LogP contribution in [-0.4, -0.2) is 0 Å². The van der Waals surface area contributed by atoms with Crippen LogP contribution in [0.15, 0.2) is 12.1 Å². The molecule has 11 heavy (non-hydrogen) atoms. The van der Waals surface area contributed by atoms with E-state index in [-0.39, 0.29) is 0 Å². The predicted molar refractivity (Wildman–Crippen MR) is 57.1 cm³/mol. The first-order valence-corrected chi connectivity index (χ1v) is 4.82. The van der Waals surface area contributed by atoms with Gasteiger partial charge in [-0.05, 0) is 40.3 Å². The van der Waals surface area contributed by atoms with E-state index in [1.54, 1.807) is 6.07 Å². The standard InChI is InChI=1S/C7H6Cl2IN/c8-5-1-4(3-11)2-6(10)7(5)9/h1-2H,3,11H2.